The van der Waals surface area contributed by atoms with Crippen LogP contribution in [0.15, 0.2) is 17.5 Å². The molecule has 1 atom stereocenters. The highest BCUT2D eigenvalue weighted by Gasteiger charge is 2.39. The average Bonchev–Trinajstić information content (AvgIpc) is 3.00. The Morgan fingerprint density at radius 3 is 2.86 bits per heavy atom. The van der Waals surface area contributed by atoms with Crippen molar-refractivity contribution in [2.24, 2.45) is 5.41 Å². The van der Waals surface area contributed by atoms with Crippen LogP contribution < -0.4 is 0 Å². The summed E-state index contributed by atoms with van der Waals surface area (Å²) in [6.07, 6.45) is 6.13. The number of carboxylic acid groups (broad SMARTS) is 1. The van der Waals surface area contributed by atoms with Crippen LogP contribution in [0.5, 0.6) is 0 Å². The second-order valence-electron chi connectivity index (χ2n) is 6.42. The number of amides is 1. The number of hydrogen-bond donors (Lipinski definition) is 1. The first-order chi connectivity index (χ1) is 10.5. The van der Waals surface area contributed by atoms with E-state index in [4.69, 9.17) is 0 Å². The average molecular weight is 323 g/mol. The summed E-state index contributed by atoms with van der Waals surface area (Å²) in [5, 5.41) is 11.4. The number of thiophene rings is 1. The molecule has 0 saturated carbocycles. The van der Waals surface area contributed by atoms with E-state index in [0.717, 1.165) is 32.1 Å². The number of carboxylic acids is 1. The highest BCUT2D eigenvalue weighted by molar-refractivity contribution is 7.09. The maximum absolute atomic E-state index is 12.2. The molecule has 1 aliphatic heterocycles. The molecule has 2 heterocycles. The lowest BCUT2D eigenvalue weighted by atomic mass is 9.82. The van der Waals surface area contributed by atoms with E-state index in [2.05, 4.69) is 17.5 Å². The number of aliphatic carboxylic acids is 1. The summed E-state index contributed by atoms with van der Waals surface area (Å²) < 4.78 is 0. The molecule has 5 heteroatoms. The largest absolute Gasteiger partial charge is 0.481 e. The van der Waals surface area contributed by atoms with Crippen LogP contribution in [0.2, 0.25) is 0 Å². The minimum atomic E-state index is -0.791. The number of aryl methyl sites for hydroxylation is 1. The van der Waals surface area contributed by atoms with Crippen LogP contribution in [0.25, 0.3) is 0 Å². The van der Waals surface area contributed by atoms with Crippen molar-refractivity contribution < 1.29 is 14.7 Å². The Balaban J connectivity index is 1.67. The Kier molecular flexibility index (Phi) is 6.00. The molecule has 0 aliphatic carbocycles. The van der Waals surface area contributed by atoms with E-state index in [-0.39, 0.29) is 5.91 Å². The topological polar surface area (TPSA) is 57.6 Å². The van der Waals surface area contributed by atoms with Crippen LogP contribution in [-0.4, -0.2) is 35.0 Å². The molecule has 0 aromatic carbocycles. The van der Waals surface area contributed by atoms with Gasteiger partial charge in [-0.2, -0.15) is 0 Å². The summed E-state index contributed by atoms with van der Waals surface area (Å²) in [5.74, 6) is -0.677. The summed E-state index contributed by atoms with van der Waals surface area (Å²) in [5.41, 5.74) is -0.771. The first kappa shape index (κ1) is 17.0. The Labute approximate surface area is 136 Å². The molecular formula is C17H25NO3S. The van der Waals surface area contributed by atoms with Gasteiger partial charge in [0, 0.05) is 24.4 Å². The Morgan fingerprint density at radius 2 is 2.18 bits per heavy atom. The molecule has 1 fully saturated rings. The number of hydrogen-bond acceptors (Lipinski definition) is 3. The van der Waals surface area contributed by atoms with E-state index in [0.29, 0.717) is 25.9 Å². The summed E-state index contributed by atoms with van der Waals surface area (Å²) in [6, 6.07) is 4.22. The summed E-state index contributed by atoms with van der Waals surface area (Å²) >= 11 is 1.78. The van der Waals surface area contributed by atoms with Crippen molar-refractivity contribution in [1.82, 2.24) is 4.90 Å². The van der Waals surface area contributed by atoms with Gasteiger partial charge in [-0.15, -0.1) is 11.3 Å². The predicted molar refractivity (Wildman–Crippen MR) is 88.0 cm³/mol. The third-order valence-corrected chi connectivity index (χ3v) is 5.40. The molecule has 2 rings (SSSR count). The zero-order chi connectivity index (χ0) is 16.0. The molecule has 1 unspecified atom stereocenters. The molecule has 22 heavy (non-hydrogen) atoms. The quantitative estimate of drug-likeness (QED) is 0.781. The van der Waals surface area contributed by atoms with Gasteiger partial charge in [-0.3, -0.25) is 9.59 Å². The highest BCUT2D eigenvalue weighted by Crippen LogP contribution is 2.30. The lowest BCUT2D eigenvalue weighted by Crippen LogP contribution is -2.48. The first-order valence-electron chi connectivity index (χ1n) is 8.05. The van der Waals surface area contributed by atoms with Gasteiger partial charge in [0.05, 0.1) is 5.41 Å². The van der Waals surface area contributed by atoms with Crippen molar-refractivity contribution in [3.63, 3.8) is 0 Å². The van der Waals surface area contributed by atoms with E-state index in [1.807, 2.05) is 0 Å². The van der Waals surface area contributed by atoms with Gasteiger partial charge in [-0.1, -0.05) is 12.5 Å². The maximum atomic E-state index is 12.2. The minimum Gasteiger partial charge on any atom is -0.481 e. The van der Waals surface area contributed by atoms with Crippen LogP contribution in [0.4, 0.5) is 0 Å². The molecule has 1 amide bonds. The van der Waals surface area contributed by atoms with E-state index in [1.54, 1.807) is 23.2 Å². The number of carbonyl (C=O) groups is 2. The third kappa shape index (κ3) is 4.57. The monoisotopic (exact) mass is 323 g/mol. The van der Waals surface area contributed by atoms with Crippen LogP contribution in [-0.2, 0) is 16.0 Å². The van der Waals surface area contributed by atoms with Crippen molar-refractivity contribution in [3.8, 4) is 0 Å². The van der Waals surface area contributed by atoms with Crippen molar-refractivity contribution in [2.75, 3.05) is 13.1 Å². The van der Waals surface area contributed by atoms with Crippen LogP contribution >= 0.6 is 11.3 Å². The smallest absolute Gasteiger partial charge is 0.311 e. The maximum Gasteiger partial charge on any atom is 0.311 e. The summed E-state index contributed by atoms with van der Waals surface area (Å²) in [7, 11) is 0. The standard InChI is InChI=1S/C17H25NO3S/c1-17(16(20)21)10-6-11-18(13-17)15(19)9-4-2-3-7-14-8-5-12-22-14/h5,8,12H,2-4,6-7,9-11,13H2,1H3,(H,20,21). The second kappa shape index (κ2) is 7.77. The van der Waals surface area contributed by atoms with Gasteiger partial charge >= 0.3 is 5.97 Å². The molecule has 0 radical (unpaired) electrons. The van der Waals surface area contributed by atoms with Gasteiger partial charge in [0.15, 0.2) is 0 Å². The second-order valence-corrected chi connectivity index (χ2v) is 7.46. The normalized spacial score (nSPS) is 21.8. The summed E-state index contributed by atoms with van der Waals surface area (Å²) in [4.78, 5) is 26.7. The van der Waals surface area contributed by atoms with Crippen LogP contribution in [0, 0.1) is 5.41 Å². The molecular weight excluding hydrogens is 298 g/mol. The van der Waals surface area contributed by atoms with Gasteiger partial charge in [0.1, 0.15) is 0 Å². The van der Waals surface area contributed by atoms with Crippen molar-refractivity contribution in [3.05, 3.63) is 22.4 Å². The number of piperidine rings is 1. The lowest BCUT2D eigenvalue weighted by molar-refractivity contribution is -0.153. The van der Waals surface area contributed by atoms with Crippen molar-refractivity contribution in [1.29, 1.82) is 0 Å². The zero-order valence-corrected chi connectivity index (χ0v) is 14.0. The molecule has 0 bridgehead atoms. The Bertz CT molecular complexity index is 500. The molecule has 1 aromatic rings. The number of carbonyl (C=O) groups excluding carboxylic acids is 1. The van der Waals surface area contributed by atoms with Crippen molar-refractivity contribution in [2.45, 2.75) is 51.9 Å². The van der Waals surface area contributed by atoms with E-state index < -0.39 is 11.4 Å². The van der Waals surface area contributed by atoms with Gasteiger partial charge in [0.25, 0.3) is 0 Å². The van der Waals surface area contributed by atoms with E-state index in [1.165, 1.54) is 4.88 Å². The Morgan fingerprint density at radius 1 is 1.36 bits per heavy atom. The van der Waals surface area contributed by atoms with Crippen molar-refractivity contribution >= 4 is 23.2 Å². The lowest BCUT2D eigenvalue weighted by Gasteiger charge is -2.37. The minimum absolute atomic E-state index is 0.114. The van der Waals surface area contributed by atoms with E-state index in [9.17, 15) is 14.7 Å². The van der Waals surface area contributed by atoms with Crippen LogP contribution in [0.3, 0.4) is 0 Å². The van der Waals surface area contributed by atoms with E-state index >= 15 is 0 Å². The van der Waals surface area contributed by atoms with Gasteiger partial charge in [0.2, 0.25) is 5.91 Å². The predicted octanol–water partition coefficient (Wildman–Crippen LogP) is 3.56. The molecule has 1 aliphatic rings. The zero-order valence-electron chi connectivity index (χ0n) is 13.2. The third-order valence-electron chi connectivity index (χ3n) is 4.46. The SMILES string of the molecule is CC1(C(=O)O)CCCN(C(=O)CCCCCc2cccs2)C1. The van der Waals surface area contributed by atoms with Crippen LogP contribution in [0.1, 0.15) is 50.3 Å². The molecule has 1 saturated heterocycles. The fourth-order valence-corrected chi connectivity index (χ4v) is 3.74. The first-order valence-corrected chi connectivity index (χ1v) is 8.93. The highest BCUT2D eigenvalue weighted by atomic mass is 32.1. The van der Waals surface area contributed by atoms with Gasteiger partial charge in [-0.25, -0.2) is 0 Å². The summed E-state index contributed by atoms with van der Waals surface area (Å²) in [6.45, 7) is 2.81. The molecule has 0 spiro atoms. The molecule has 122 valence electrons. The molecule has 1 aromatic heterocycles. The Hall–Kier alpha value is -1.36. The number of nitrogens with zero attached hydrogens (tertiary/aromatic N) is 1. The molecule has 1 N–H and O–H groups in total. The fourth-order valence-electron chi connectivity index (χ4n) is 2.99. The van der Waals surface area contributed by atoms with Gasteiger partial charge < -0.3 is 10.0 Å². The molecule has 4 nitrogen and oxygen atoms in total. The number of rotatable bonds is 7. The fraction of sp³-hybridized carbons (Fsp3) is 0.647. The number of unbranched alkanes of at least 4 members (excludes halogenated alkanes) is 2. The number of likely N-dealkylation sites (tertiary alicyclic amines) is 1. The van der Waals surface area contributed by atoms with Gasteiger partial charge in [-0.05, 0) is 50.5 Å².